The monoisotopic (exact) mass is 310 g/mol. The van der Waals surface area contributed by atoms with Gasteiger partial charge in [-0.05, 0) is 17.5 Å². The lowest BCUT2D eigenvalue weighted by Crippen LogP contribution is -1.99. The molecule has 4 aromatic rings. The Hall–Kier alpha value is -2.80. The highest BCUT2D eigenvalue weighted by Crippen LogP contribution is 2.24. The highest BCUT2D eigenvalue weighted by molar-refractivity contribution is 7.13. The molecule has 1 aromatic carbocycles. The van der Waals surface area contributed by atoms with E-state index in [2.05, 4.69) is 20.4 Å². The molecule has 0 saturated heterocycles. The van der Waals surface area contributed by atoms with Gasteiger partial charge in [-0.3, -0.25) is 0 Å². The lowest BCUT2D eigenvalue weighted by Gasteiger charge is -2.04. The summed E-state index contributed by atoms with van der Waals surface area (Å²) in [6.07, 6.45) is 1.70. The molecule has 0 radical (unpaired) electrons. The van der Waals surface area contributed by atoms with Gasteiger partial charge in [0.1, 0.15) is 0 Å². The molecule has 3 heterocycles. The first kappa shape index (κ1) is 12.9. The van der Waals surface area contributed by atoms with Gasteiger partial charge in [0, 0.05) is 10.8 Å². The number of rotatable bonds is 4. The van der Waals surface area contributed by atoms with Gasteiger partial charge in [0.2, 0.25) is 5.88 Å². The Morgan fingerprint density at radius 1 is 1.05 bits per heavy atom. The maximum absolute atomic E-state index is 5.67. The number of hydrogen-bond donors (Lipinski definition) is 0. The summed E-state index contributed by atoms with van der Waals surface area (Å²) in [6, 6.07) is 11.6. The minimum Gasteiger partial charge on any atom is -0.466 e. The van der Waals surface area contributed by atoms with E-state index >= 15 is 0 Å². The fraction of sp³-hybridized carbons (Fsp3) is 0.0667. The minimum absolute atomic E-state index is 0.154. The van der Waals surface area contributed by atoms with E-state index in [9.17, 15) is 0 Å². The second kappa shape index (κ2) is 5.53. The SMILES string of the molecule is c1csc(-c2nnc(COc3nncc4ccccc34)o2)c1. The van der Waals surface area contributed by atoms with Crippen molar-refractivity contribution >= 4 is 22.1 Å². The largest absolute Gasteiger partial charge is 0.466 e. The third kappa shape index (κ3) is 2.42. The lowest BCUT2D eigenvalue weighted by molar-refractivity contribution is 0.256. The van der Waals surface area contributed by atoms with E-state index in [1.54, 1.807) is 17.5 Å². The smallest absolute Gasteiger partial charge is 0.257 e. The van der Waals surface area contributed by atoms with Gasteiger partial charge in [0.05, 0.1) is 11.1 Å². The maximum atomic E-state index is 5.67. The summed E-state index contributed by atoms with van der Waals surface area (Å²) in [5.41, 5.74) is 0. The Kier molecular flexibility index (Phi) is 3.24. The van der Waals surface area contributed by atoms with Crippen LogP contribution in [0.1, 0.15) is 5.89 Å². The first-order chi connectivity index (χ1) is 10.9. The van der Waals surface area contributed by atoms with Gasteiger partial charge in [-0.2, -0.15) is 5.10 Å². The fourth-order valence-electron chi connectivity index (χ4n) is 2.05. The van der Waals surface area contributed by atoms with E-state index < -0.39 is 0 Å². The fourth-order valence-corrected chi connectivity index (χ4v) is 2.69. The summed E-state index contributed by atoms with van der Waals surface area (Å²) in [5.74, 6) is 1.35. The average molecular weight is 310 g/mol. The number of benzene rings is 1. The molecule has 22 heavy (non-hydrogen) atoms. The second-order valence-corrected chi connectivity index (χ2v) is 5.45. The molecule has 0 spiro atoms. The third-order valence-electron chi connectivity index (χ3n) is 3.07. The molecule has 0 bridgehead atoms. The van der Waals surface area contributed by atoms with Gasteiger partial charge in [0.25, 0.3) is 11.8 Å². The molecule has 0 saturated carbocycles. The van der Waals surface area contributed by atoms with E-state index in [1.807, 2.05) is 41.8 Å². The molecule has 0 N–H and O–H groups in total. The van der Waals surface area contributed by atoms with Crippen LogP contribution in [-0.4, -0.2) is 20.4 Å². The van der Waals surface area contributed by atoms with Crippen molar-refractivity contribution in [3.8, 4) is 16.6 Å². The molecule has 4 rings (SSSR count). The number of aromatic nitrogens is 4. The van der Waals surface area contributed by atoms with E-state index in [-0.39, 0.29) is 6.61 Å². The zero-order chi connectivity index (χ0) is 14.8. The summed E-state index contributed by atoms with van der Waals surface area (Å²) in [6.45, 7) is 0.154. The highest BCUT2D eigenvalue weighted by Gasteiger charge is 2.11. The van der Waals surface area contributed by atoms with Crippen LogP contribution in [-0.2, 0) is 6.61 Å². The standard InChI is InChI=1S/C15H10N4O2S/c1-2-5-11-10(4-1)8-16-18-14(11)20-9-13-17-19-15(21-13)12-6-3-7-22-12/h1-8H,9H2. The Morgan fingerprint density at radius 2 is 2.00 bits per heavy atom. The van der Waals surface area contributed by atoms with E-state index in [0.29, 0.717) is 17.7 Å². The number of thiophene rings is 1. The number of ether oxygens (including phenoxy) is 1. The van der Waals surface area contributed by atoms with E-state index in [0.717, 1.165) is 15.6 Å². The Bertz CT molecular complexity index is 899. The Morgan fingerprint density at radius 3 is 2.91 bits per heavy atom. The molecule has 6 nitrogen and oxygen atoms in total. The van der Waals surface area contributed by atoms with Crippen LogP contribution >= 0.6 is 11.3 Å². The normalized spacial score (nSPS) is 10.9. The first-order valence-corrected chi connectivity index (χ1v) is 7.47. The van der Waals surface area contributed by atoms with Gasteiger partial charge in [-0.15, -0.1) is 26.6 Å². The van der Waals surface area contributed by atoms with E-state index in [4.69, 9.17) is 9.15 Å². The van der Waals surface area contributed by atoms with Crippen LogP contribution in [0, 0.1) is 0 Å². The van der Waals surface area contributed by atoms with Crippen molar-refractivity contribution < 1.29 is 9.15 Å². The van der Waals surface area contributed by atoms with Crippen molar-refractivity contribution in [2.45, 2.75) is 6.61 Å². The van der Waals surface area contributed by atoms with E-state index in [1.165, 1.54) is 0 Å². The van der Waals surface area contributed by atoms with Crippen LogP contribution in [0.15, 0.2) is 52.4 Å². The maximum Gasteiger partial charge on any atom is 0.257 e. The molecule has 0 aliphatic rings. The Balaban J connectivity index is 1.55. The van der Waals surface area contributed by atoms with Crippen molar-refractivity contribution in [3.05, 3.63) is 53.9 Å². The molecule has 108 valence electrons. The van der Waals surface area contributed by atoms with Crippen molar-refractivity contribution in [1.82, 2.24) is 20.4 Å². The van der Waals surface area contributed by atoms with Gasteiger partial charge >= 0.3 is 0 Å². The van der Waals surface area contributed by atoms with Crippen LogP contribution in [0.25, 0.3) is 21.5 Å². The predicted molar refractivity (Wildman–Crippen MR) is 81.5 cm³/mol. The molecule has 3 aromatic heterocycles. The van der Waals surface area contributed by atoms with Gasteiger partial charge < -0.3 is 9.15 Å². The summed E-state index contributed by atoms with van der Waals surface area (Å²) in [7, 11) is 0. The molecule has 0 aliphatic carbocycles. The summed E-state index contributed by atoms with van der Waals surface area (Å²) in [4.78, 5) is 0.934. The highest BCUT2D eigenvalue weighted by atomic mass is 32.1. The molecule has 0 atom stereocenters. The number of hydrogen-bond acceptors (Lipinski definition) is 7. The summed E-state index contributed by atoms with van der Waals surface area (Å²) in [5, 5.41) is 19.8. The summed E-state index contributed by atoms with van der Waals surface area (Å²) < 4.78 is 11.2. The quantitative estimate of drug-likeness (QED) is 0.575. The average Bonchev–Trinajstić information content (AvgIpc) is 3.24. The van der Waals surface area contributed by atoms with Crippen LogP contribution < -0.4 is 4.74 Å². The minimum atomic E-state index is 0.154. The van der Waals surface area contributed by atoms with Crippen LogP contribution in [0.5, 0.6) is 5.88 Å². The topological polar surface area (TPSA) is 73.9 Å². The number of fused-ring (bicyclic) bond motifs is 1. The summed E-state index contributed by atoms with van der Waals surface area (Å²) >= 11 is 1.55. The third-order valence-corrected chi connectivity index (χ3v) is 3.93. The van der Waals surface area contributed by atoms with Crippen molar-refractivity contribution in [3.63, 3.8) is 0 Å². The molecule has 0 unspecified atom stereocenters. The van der Waals surface area contributed by atoms with Crippen LogP contribution in [0.4, 0.5) is 0 Å². The zero-order valence-electron chi connectivity index (χ0n) is 11.3. The molecular formula is C15H10N4O2S. The Labute approximate surface area is 129 Å². The van der Waals surface area contributed by atoms with Gasteiger partial charge in [-0.1, -0.05) is 24.3 Å². The zero-order valence-corrected chi connectivity index (χ0v) is 12.2. The number of nitrogens with zero attached hydrogens (tertiary/aromatic N) is 4. The molecular weight excluding hydrogens is 300 g/mol. The molecule has 0 amide bonds. The predicted octanol–water partition coefficient (Wildman–Crippen LogP) is 3.32. The van der Waals surface area contributed by atoms with Crippen molar-refractivity contribution in [2.24, 2.45) is 0 Å². The van der Waals surface area contributed by atoms with Crippen molar-refractivity contribution in [1.29, 1.82) is 0 Å². The van der Waals surface area contributed by atoms with Crippen molar-refractivity contribution in [2.75, 3.05) is 0 Å². The van der Waals surface area contributed by atoms with Gasteiger partial charge in [-0.25, -0.2) is 0 Å². The molecule has 7 heteroatoms. The molecule has 0 aliphatic heterocycles. The van der Waals surface area contributed by atoms with Crippen LogP contribution in [0.2, 0.25) is 0 Å². The molecule has 0 fully saturated rings. The first-order valence-electron chi connectivity index (χ1n) is 6.59. The van der Waals surface area contributed by atoms with Gasteiger partial charge in [0.15, 0.2) is 6.61 Å². The van der Waals surface area contributed by atoms with Crippen LogP contribution in [0.3, 0.4) is 0 Å². The second-order valence-electron chi connectivity index (χ2n) is 4.50. The lowest BCUT2D eigenvalue weighted by atomic mass is 10.2.